The average molecular weight is 318 g/mol. The highest BCUT2D eigenvalue weighted by molar-refractivity contribution is 7.21. The Labute approximate surface area is 130 Å². The number of carbonyl (C=O) groups excluding carboxylic acids is 1. The van der Waals surface area contributed by atoms with Gasteiger partial charge in [-0.15, -0.1) is 22.7 Å². The maximum absolute atomic E-state index is 12.7. The molecule has 0 atom stereocenters. The van der Waals surface area contributed by atoms with Gasteiger partial charge < -0.3 is 10.6 Å². The van der Waals surface area contributed by atoms with Crippen molar-refractivity contribution < 1.29 is 4.79 Å². The smallest absolute Gasteiger partial charge is 0.266 e. The predicted molar refractivity (Wildman–Crippen MR) is 86.6 cm³/mol. The molecule has 3 aromatic heterocycles. The molecular weight excluding hydrogens is 304 g/mol. The van der Waals surface area contributed by atoms with Gasteiger partial charge in [-0.25, -0.2) is 9.97 Å². The normalized spacial score (nSPS) is 10.9. The number of fused-ring (bicyclic) bond motifs is 1. The highest BCUT2D eigenvalue weighted by Gasteiger charge is 2.22. The van der Waals surface area contributed by atoms with Gasteiger partial charge in [-0.1, -0.05) is 6.07 Å². The second kappa shape index (κ2) is 5.79. The molecule has 0 radical (unpaired) electrons. The van der Waals surface area contributed by atoms with E-state index in [1.807, 2.05) is 24.4 Å². The number of hydrogen-bond donors (Lipinski definition) is 1. The molecule has 3 heterocycles. The first-order valence-electron chi connectivity index (χ1n) is 6.51. The Bertz CT molecular complexity index is 766. The van der Waals surface area contributed by atoms with Crippen molar-refractivity contribution >= 4 is 44.6 Å². The van der Waals surface area contributed by atoms with Gasteiger partial charge in [0.1, 0.15) is 15.2 Å². The summed E-state index contributed by atoms with van der Waals surface area (Å²) < 4.78 is 0. The van der Waals surface area contributed by atoms with Crippen molar-refractivity contribution in [2.45, 2.75) is 13.5 Å². The molecule has 2 N–H and O–H groups in total. The minimum Gasteiger partial charge on any atom is -0.396 e. The number of anilines is 1. The van der Waals surface area contributed by atoms with E-state index in [0.717, 1.165) is 4.88 Å². The van der Waals surface area contributed by atoms with Gasteiger partial charge in [0.05, 0.1) is 12.2 Å². The van der Waals surface area contributed by atoms with Gasteiger partial charge in [-0.2, -0.15) is 0 Å². The molecule has 0 unspecified atom stereocenters. The largest absolute Gasteiger partial charge is 0.396 e. The highest BCUT2D eigenvalue weighted by Crippen LogP contribution is 2.31. The van der Waals surface area contributed by atoms with Crippen molar-refractivity contribution in [3.8, 4) is 0 Å². The molecule has 0 saturated heterocycles. The van der Waals surface area contributed by atoms with Gasteiger partial charge in [-0.3, -0.25) is 4.79 Å². The summed E-state index contributed by atoms with van der Waals surface area (Å²) in [5.74, 6) is -0.0619. The van der Waals surface area contributed by atoms with E-state index in [1.54, 1.807) is 28.6 Å². The Morgan fingerprint density at radius 3 is 2.86 bits per heavy atom. The standard InChI is InChI=1S/C14H14N4OS2/c1-2-18(8-9-4-3-7-20-9)14(19)12-10(15)11-13(21-12)17-6-5-16-11/h3-7H,2,8,15H2,1H3. The molecule has 0 aliphatic carbocycles. The Hall–Kier alpha value is -1.99. The van der Waals surface area contributed by atoms with Crippen LogP contribution in [-0.2, 0) is 6.54 Å². The minimum atomic E-state index is -0.0619. The molecule has 0 aliphatic heterocycles. The van der Waals surface area contributed by atoms with E-state index in [9.17, 15) is 4.79 Å². The maximum Gasteiger partial charge on any atom is 0.266 e. The second-order valence-electron chi connectivity index (χ2n) is 4.45. The van der Waals surface area contributed by atoms with Crippen LogP contribution in [0.2, 0.25) is 0 Å². The predicted octanol–water partition coefficient (Wildman–Crippen LogP) is 3.00. The van der Waals surface area contributed by atoms with Crippen molar-refractivity contribution in [3.63, 3.8) is 0 Å². The molecule has 0 fully saturated rings. The first-order valence-corrected chi connectivity index (χ1v) is 8.21. The molecule has 0 saturated carbocycles. The van der Waals surface area contributed by atoms with Crippen LogP contribution in [0.25, 0.3) is 10.3 Å². The molecule has 0 spiro atoms. The summed E-state index contributed by atoms with van der Waals surface area (Å²) in [6.45, 7) is 3.19. The summed E-state index contributed by atoms with van der Waals surface area (Å²) in [5.41, 5.74) is 7.11. The summed E-state index contributed by atoms with van der Waals surface area (Å²) >= 11 is 2.94. The molecule has 0 bridgehead atoms. The Balaban J connectivity index is 1.93. The van der Waals surface area contributed by atoms with Crippen LogP contribution in [0.5, 0.6) is 0 Å². The van der Waals surface area contributed by atoms with E-state index in [2.05, 4.69) is 9.97 Å². The number of aromatic nitrogens is 2. The van der Waals surface area contributed by atoms with E-state index in [-0.39, 0.29) is 5.91 Å². The first kappa shape index (κ1) is 14.0. The number of rotatable bonds is 4. The lowest BCUT2D eigenvalue weighted by Crippen LogP contribution is -2.29. The van der Waals surface area contributed by atoms with E-state index in [0.29, 0.717) is 34.0 Å². The molecule has 108 valence electrons. The third-order valence-electron chi connectivity index (χ3n) is 3.15. The molecule has 0 aromatic carbocycles. The lowest BCUT2D eigenvalue weighted by atomic mass is 10.3. The Morgan fingerprint density at radius 2 is 2.19 bits per heavy atom. The van der Waals surface area contributed by atoms with E-state index in [1.165, 1.54) is 11.3 Å². The number of hydrogen-bond acceptors (Lipinski definition) is 6. The Morgan fingerprint density at radius 1 is 1.38 bits per heavy atom. The summed E-state index contributed by atoms with van der Waals surface area (Å²) in [4.78, 5) is 25.3. The van der Waals surface area contributed by atoms with Gasteiger partial charge >= 0.3 is 0 Å². The van der Waals surface area contributed by atoms with Crippen LogP contribution >= 0.6 is 22.7 Å². The van der Waals surface area contributed by atoms with Gasteiger partial charge in [0.25, 0.3) is 5.91 Å². The van der Waals surface area contributed by atoms with Crippen molar-refractivity contribution in [3.05, 3.63) is 39.7 Å². The average Bonchev–Trinajstić information content (AvgIpc) is 3.13. The molecule has 0 aliphatic rings. The first-order chi connectivity index (χ1) is 10.2. The van der Waals surface area contributed by atoms with Crippen LogP contribution in [0.1, 0.15) is 21.5 Å². The summed E-state index contributed by atoms with van der Waals surface area (Å²) in [7, 11) is 0. The fraction of sp³-hybridized carbons (Fsp3) is 0.214. The quantitative estimate of drug-likeness (QED) is 0.802. The van der Waals surface area contributed by atoms with Crippen LogP contribution in [0, 0.1) is 0 Å². The van der Waals surface area contributed by atoms with Crippen molar-refractivity contribution in [2.75, 3.05) is 12.3 Å². The summed E-state index contributed by atoms with van der Waals surface area (Å²) in [6.07, 6.45) is 3.19. The van der Waals surface area contributed by atoms with Crippen LogP contribution in [0.3, 0.4) is 0 Å². The number of carbonyl (C=O) groups is 1. The molecule has 1 amide bonds. The van der Waals surface area contributed by atoms with Gasteiger partial charge in [0, 0.05) is 23.8 Å². The number of nitrogen functional groups attached to an aromatic ring is 1. The molecule has 3 aromatic rings. The SMILES string of the molecule is CCN(Cc1cccs1)C(=O)c1sc2nccnc2c1N. The van der Waals surface area contributed by atoms with Gasteiger partial charge in [0.15, 0.2) is 0 Å². The number of thiophene rings is 2. The fourth-order valence-corrected chi connectivity index (χ4v) is 3.77. The van der Waals surface area contributed by atoms with E-state index < -0.39 is 0 Å². The third kappa shape index (κ3) is 2.62. The molecule has 21 heavy (non-hydrogen) atoms. The topological polar surface area (TPSA) is 72.1 Å². The fourth-order valence-electron chi connectivity index (χ4n) is 2.06. The highest BCUT2D eigenvalue weighted by atomic mass is 32.1. The lowest BCUT2D eigenvalue weighted by Gasteiger charge is -2.19. The maximum atomic E-state index is 12.7. The minimum absolute atomic E-state index is 0.0619. The van der Waals surface area contributed by atoms with Crippen LogP contribution in [-0.4, -0.2) is 27.3 Å². The van der Waals surface area contributed by atoms with Gasteiger partial charge in [-0.05, 0) is 18.4 Å². The van der Waals surface area contributed by atoms with Crippen molar-refractivity contribution in [1.29, 1.82) is 0 Å². The summed E-state index contributed by atoms with van der Waals surface area (Å²) in [5, 5.41) is 2.01. The lowest BCUT2D eigenvalue weighted by molar-refractivity contribution is 0.0760. The van der Waals surface area contributed by atoms with Crippen LogP contribution in [0.4, 0.5) is 5.69 Å². The van der Waals surface area contributed by atoms with Crippen LogP contribution in [0.15, 0.2) is 29.9 Å². The molecule has 7 heteroatoms. The molecular formula is C14H14N4OS2. The molecule has 5 nitrogen and oxygen atoms in total. The number of amides is 1. The number of nitrogens with two attached hydrogens (primary N) is 1. The van der Waals surface area contributed by atoms with E-state index in [4.69, 9.17) is 5.73 Å². The number of nitrogens with zero attached hydrogens (tertiary/aromatic N) is 3. The van der Waals surface area contributed by atoms with Crippen molar-refractivity contribution in [1.82, 2.24) is 14.9 Å². The zero-order chi connectivity index (χ0) is 14.8. The zero-order valence-electron chi connectivity index (χ0n) is 11.4. The van der Waals surface area contributed by atoms with Crippen molar-refractivity contribution in [2.24, 2.45) is 0 Å². The second-order valence-corrected chi connectivity index (χ2v) is 6.48. The zero-order valence-corrected chi connectivity index (χ0v) is 13.1. The van der Waals surface area contributed by atoms with Gasteiger partial charge in [0.2, 0.25) is 0 Å². The van der Waals surface area contributed by atoms with E-state index >= 15 is 0 Å². The molecule has 3 rings (SSSR count). The van der Waals surface area contributed by atoms with Crippen LogP contribution < -0.4 is 5.73 Å². The third-order valence-corrected chi connectivity index (χ3v) is 5.11. The summed E-state index contributed by atoms with van der Waals surface area (Å²) in [6, 6.07) is 4.01. The monoisotopic (exact) mass is 318 g/mol. The Kier molecular flexibility index (Phi) is 3.85.